The highest BCUT2D eigenvalue weighted by Crippen LogP contribution is 2.13. The van der Waals surface area contributed by atoms with Crippen LogP contribution >= 0.6 is 0 Å². The Balaban J connectivity index is 2.27. The largest absolute Gasteiger partial charge is 0.465 e. The van der Waals surface area contributed by atoms with Crippen molar-refractivity contribution in [2.75, 3.05) is 12.4 Å². The Bertz CT molecular complexity index is 1010. The van der Waals surface area contributed by atoms with Crippen LogP contribution in [0.4, 0.5) is 11.4 Å². The molecule has 29 heavy (non-hydrogen) atoms. The molecule has 0 aliphatic carbocycles. The number of amides is 1. The minimum atomic E-state index is -1.01. The lowest BCUT2D eigenvalue weighted by molar-refractivity contribution is -0.386. The maximum atomic E-state index is 12.5. The van der Waals surface area contributed by atoms with Gasteiger partial charge in [0.1, 0.15) is 0 Å². The topological polar surface area (TPSA) is 138 Å². The highest BCUT2D eigenvalue weighted by molar-refractivity contribution is 5.97. The minimum Gasteiger partial charge on any atom is -0.465 e. The van der Waals surface area contributed by atoms with Gasteiger partial charge in [0.15, 0.2) is 5.78 Å². The third-order valence-electron chi connectivity index (χ3n) is 3.97. The number of Topliss-reactive ketones (excluding diaryl/α,β-unsaturated/α-hetero) is 1. The summed E-state index contributed by atoms with van der Waals surface area (Å²) in [5, 5.41) is 13.8. The first-order valence-corrected chi connectivity index (χ1v) is 8.67. The molecule has 0 radical (unpaired) electrons. The third-order valence-corrected chi connectivity index (χ3v) is 3.97. The number of nitro groups is 1. The molecule has 0 spiro atoms. The van der Waals surface area contributed by atoms with Crippen LogP contribution in [-0.4, -0.2) is 34.3 Å². The Morgan fingerprint density at radius 2 is 1.83 bits per heavy atom. The number of nitrogens with zero attached hydrogens (tertiary/aromatic N) is 2. The molecule has 0 unspecified atom stereocenters. The van der Waals surface area contributed by atoms with Crippen LogP contribution in [0.15, 0.2) is 41.3 Å². The van der Waals surface area contributed by atoms with Crippen LogP contribution < -0.4 is 10.9 Å². The van der Waals surface area contributed by atoms with Gasteiger partial charge in [-0.15, -0.1) is 0 Å². The number of esters is 1. The minimum absolute atomic E-state index is 0.148. The summed E-state index contributed by atoms with van der Waals surface area (Å²) in [6, 6.07) is 6.82. The van der Waals surface area contributed by atoms with Crippen molar-refractivity contribution in [3.8, 4) is 0 Å². The molecule has 0 fully saturated rings. The number of pyridine rings is 1. The Morgan fingerprint density at radius 1 is 1.17 bits per heavy atom. The van der Waals surface area contributed by atoms with Crippen molar-refractivity contribution >= 4 is 29.0 Å². The van der Waals surface area contributed by atoms with Crippen molar-refractivity contribution in [2.24, 2.45) is 0 Å². The van der Waals surface area contributed by atoms with E-state index in [1.165, 1.54) is 24.3 Å². The quantitative estimate of drug-likeness (QED) is 0.310. The number of hydrogen-bond acceptors (Lipinski definition) is 7. The molecule has 2 aromatic rings. The molecule has 1 aromatic carbocycles. The second-order valence-corrected chi connectivity index (χ2v) is 6.09. The van der Waals surface area contributed by atoms with Crippen molar-refractivity contribution < 1.29 is 24.0 Å². The van der Waals surface area contributed by atoms with Gasteiger partial charge in [-0.3, -0.25) is 24.5 Å². The van der Waals surface area contributed by atoms with E-state index in [1.807, 2.05) is 6.92 Å². The lowest BCUT2D eigenvalue weighted by Gasteiger charge is -2.09. The van der Waals surface area contributed by atoms with E-state index in [0.717, 1.165) is 23.9 Å². The fourth-order valence-corrected chi connectivity index (χ4v) is 2.53. The van der Waals surface area contributed by atoms with Crippen LogP contribution in [0.3, 0.4) is 0 Å². The van der Waals surface area contributed by atoms with Gasteiger partial charge in [-0.2, -0.15) is 0 Å². The Labute approximate surface area is 165 Å². The van der Waals surface area contributed by atoms with E-state index in [2.05, 4.69) is 10.1 Å². The smallest absolute Gasteiger partial charge is 0.339 e. The maximum absolute atomic E-state index is 12.5. The summed E-state index contributed by atoms with van der Waals surface area (Å²) in [7, 11) is 1.09. The zero-order valence-corrected chi connectivity index (χ0v) is 15.8. The molecule has 1 aromatic heterocycles. The van der Waals surface area contributed by atoms with Crippen molar-refractivity contribution in [3.63, 3.8) is 0 Å². The van der Waals surface area contributed by atoms with Gasteiger partial charge in [0.25, 0.3) is 0 Å². The monoisotopic (exact) mass is 401 g/mol. The van der Waals surface area contributed by atoms with Crippen molar-refractivity contribution in [1.82, 2.24) is 4.57 Å². The lowest BCUT2D eigenvalue weighted by Crippen LogP contribution is -2.27. The highest BCUT2D eigenvalue weighted by Gasteiger charge is 2.21. The van der Waals surface area contributed by atoms with E-state index in [1.54, 1.807) is 0 Å². The zero-order chi connectivity index (χ0) is 21.6. The maximum Gasteiger partial charge on any atom is 0.339 e. The molecule has 1 amide bonds. The van der Waals surface area contributed by atoms with Gasteiger partial charge in [-0.25, -0.2) is 4.79 Å². The summed E-state index contributed by atoms with van der Waals surface area (Å²) < 4.78 is 5.32. The number of nitrogens with one attached hydrogen (secondary N) is 1. The van der Waals surface area contributed by atoms with Crippen molar-refractivity contribution in [1.29, 1.82) is 0 Å². The number of benzene rings is 1. The fourth-order valence-electron chi connectivity index (χ4n) is 2.53. The van der Waals surface area contributed by atoms with Gasteiger partial charge in [-0.1, -0.05) is 6.92 Å². The van der Waals surface area contributed by atoms with Crippen LogP contribution in [0.5, 0.6) is 0 Å². The number of anilines is 1. The molecule has 2 rings (SSSR count). The molecule has 1 heterocycles. The number of aromatic nitrogens is 1. The van der Waals surface area contributed by atoms with Gasteiger partial charge in [0.05, 0.1) is 24.1 Å². The van der Waals surface area contributed by atoms with E-state index >= 15 is 0 Å². The molecule has 1 N–H and O–H groups in total. The highest BCUT2D eigenvalue weighted by atomic mass is 16.6. The molecule has 0 atom stereocenters. The summed E-state index contributed by atoms with van der Waals surface area (Å²) in [5.74, 6) is -1.53. The molecule has 0 aliphatic rings. The van der Waals surface area contributed by atoms with Crippen molar-refractivity contribution in [2.45, 2.75) is 26.3 Å². The molecule has 0 saturated carbocycles. The van der Waals surface area contributed by atoms with Gasteiger partial charge < -0.3 is 14.6 Å². The molecule has 0 aliphatic heterocycles. The second kappa shape index (κ2) is 9.40. The van der Waals surface area contributed by atoms with Crippen LogP contribution in [-0.2, 0) is 16.1 Å². The average Bonchev–Trinajstić information content (AvgIpc) is 2.69. The molecule has 10 heteroatoms. The van der Waals surface area contributed by atoms with Crippen LogP contribution in [0, 0.1) is 10.1 Å². The molecule has 10 nitrogen and oxygen atoms in total. The van der Waals surface area contributed by atoms with Gasteiger partial charge >= 0.3 is 17.2 Å². The molecule has 0 saturated heterocycles. The second-order valence-electron chi connectivity index (χ2n) is 6.09. The predicted octanol–water partition coefficient (Wildman–Crippen LogP) is 2.16. The van der Waals surface area contributed by atoms with Crippen LogP contribution in [0.25, 0.3) is 0 Å². The van der Waals surface area contributed by atoms with Crippen LogP contribution in [0.2, 0.25) is 0 Å². The molecule has 0 bridgehead atoms. The first-order chi connectivity index (χ1) is 13.8. The van der Waals surface area contributed by atoms with Gasteiger partial charge in [-0.05, 0) is 30.7 Å². The molecular formula is C19H19N3O7. The average molecular weight is 401 g/mol. The predicted molar refractivity (Wildman–Crippen MR) is 103 cm³/mol. The normalized spacial score (nSPS) is 10.3. The van der Waals surface area contributed by atoms with E-state index in [-0.39, 0.29) is 17.0 Å². The third kappa shape index (κ3) is 5.34. The number of ketones is 1. The number of methoxy groups -OCH3 is 1. The summed E-state index contributed by atoms with van der Waals surface area (Å²) in [5.41, 5.74) is -1.33. The lowest BCUT2D eigenvalue weighted by atomic mass is 10.1. The number of ether oxygens (including phenoxy) is 1. The molecular weight excluding hydrogens is 382 g/mol. The number of rotatable bonds is 8. The van der Waals surface area contributed by atoms with Crippen molar-refractivity contribution in [3.05, 3.63) is 68.1 Å². The van der Waals surface area contributed by atoms with E-state index in [0.29, 0.717) is 18.5 Å². The van der Waals surface area contributed by atoms with E-state index in [9.17, 15) is 29.3 Å². The van der Waals surface area contributed by atoms with E-state index in [4.69, 9.17) is 0 Å². The number of carbonyl (C=O) groups excluding carboxylic acids is 3. The first-order valence-electron chi connectivity index (χ1n) is 8.67. The summed E-state index contributed by atoms with van der Waals surface area (Å²) >= 11 is 0. The Hall–Kier alpha value is -3.82. The Kier molecular flexibility index (Phi) is 6.96. The number of carbonyl (C=O) groups is 3. The summed E-state index contributed by atoms with van der Waals surface area (Å²) in [6.07, 6.45) is 2.12. The van der Waals surface area contributed by atoms with Gasteiger partial charge in [0, 0.05) is 29.9 Å². The zero-order valence-electron chi connectivity index (χ0n) is 15.8. The number of hydrogen-bond donors (Lipinski definition) is 1. The standard InChI is InChI=1S/C19H19N3O7/c1-3-4-17(24)20-14-7-5-12(6-8-14)16(23)11-21-10-13(19(26)29-2)9-15(18(21)25)22(27)28/h5-10H,3-4,11H2,1-2H3,(H,20,24). The van der Waals surface area contributed by atoms with Gasteiger partial charge in [0.2, 0.25) is 5.91 Å². The summed E-state index contributed by atoms with van der Waals surface area (Å²) in [6.45, 7) is 1.37. The van der Waals surface area contributed by atoms with Crippen LogP contribution in [0.1, 0.15) is 40.5 Å². The fraction of sp³-hybridized carbons (Fsp3) is 0.263. The Morgan fingerprint density at radius 3 is 2.38 bits per heavy atom. The molecule has 152 valence electrons. The van der Waals surface area contributed by atoms with E-state index < -0.39 is 34.5 Å². The summed E-state index contributed by atoms with van der Waals surface area (Å²) in [4.78, 5) is 58.2. The first kappa shape index (κ1) is 21.5. The SMILES string of the molecule is CCCC(=O)Nc1ccc(C(=O)Cn2cc(C(=O)OC)cc([N+](=O)[O-])c2=O)cc1.